The first kappa shape index (κ1) is 22.2. The topological polar surface area (TPSA) is 61.9 Å². The molecule has 1 N–H and O–H groups in total. The standard InChI is InChI=1S/C25H28FN3O3/c1-17-5-3-6-21(18(17)2)27-23-22(19-7-9-20(26)10-8-19)24(30)29(25(23)31)12-4-11-28-13-15-32-16-14-28/h3,5-10,27H,4,11-16H2,1-2H3. The number of aryl methyl sites for hydroxylation is 1. The molecule has 2 amide bonds. The number of benzene rings is 2. The van der Waals surface area contributed by atoms with Crippen molar-refractivity contribution in [3.8, 4) is 0 Å². The first-order valence-corrected chi connectivity index (χ1v) is 11.0. The molecule has 0 atom stereocenters. The molecule has 0 aliphatic carbocycles. The zero-order valence-corrected chi connectivity index (χ0v) is 18.5. The first-order chi connectivity index (χ1) is 15.5. The largest absolute Gasteiger partial charge is 0.379 e. The number of hydrogen-bond donors (Lipinski definition) is 1. The average molecular weight is 438 g/mol. The van der Waals surface area contributed by atoms with Gasteiger partial charge < -0.3 is 10.1 Å². The van der Waals surface area contributed by atoms with Crippen LogP contribution in [-0.4, -0.2) is 61.0 Å². The Bertz CT molecular complexity index is 1040. The van der Waals surface area contributed by atoms with Gasteiger partial charge in [-0.3, -0.25) is 19.4 Å². The molecule has 0 aromatic heterocycles. The van der Waals surface area contributed by atoms with E-state index in [2.05, 4.69) is 10.2 Å². The van der Waals surface area contributed by atoms with Gasteiger partial charge >= 0.3 is 0 Å². The molecule has 0 spiro atoms. The molecule has 6 nitrogen and oxygen atoms in total. The number of nitrogens with zero attached hydrogens (tertiary/aromatic N) is 2. The zero-order valence-electron chi connectivity index (χ0n) is 18.5. The van der Waals surface area contributed by atoms with E-state index in [1.165, 1.54) is 29.2 Å². The minimum atomic E-state index is -0.391. The summed E-state index contributed by atoms with van der Waals surface area (Å²) in [5.74, 6) is -1.09. The van der Waals surface area contributed by atoms with Gasteiger partial charge in [0.05, 0.1) is 18.8 Å². The third-order valence-corrected chi connectivity index (χ3v) is 6.12. The molecule has 168 valence electrons. The molecule has 2 aliphatic heterocycles. The summed E-state index contributed by atoms with van der Waals surface area (Å²) in [6.07, 6.45) is 0.685. The van der Waals surface area contributed by atoms with E-state index in [4.69, 9.17) is 4.74 Å². The van der Waals surface area contributed by atoms with Crippen molar-refractivity contribution in [3.63, 3.8) is 0 Å². The molecule has 2 aromatic rings. The molecule has 0 bridgehead atoms. The van der Waals surface area contributed by atoms with Crippen molar-refractivity contribution in [1.29, 1.82) is 0 Å². The molecule has 7 heteroatoms. The van der Waals surface area contributed by atoms with Crippen LogP contribution in [-0.2, 0) is 14.3 Å². The van der Waals surface area contributed by atoms with Crippen molar-refractivity contribution >= 4 is 23.1 Å². The second-order valence-electron chi connectivity index (χ2n) is 8.20. The number of imide groups is 1. The lowest BCUT2D eigenvalue weighted by Gasteiger charge is -2.27. The lowest BCUT2D eigenvalue weighted by atomic mass is 10.0. The lowest BCUT2D eigenvalue weighted by molar-refractivity contribution is -0.136. The van der Waals surface area contributed by atoms with Crippen molar-refractivity contribution in [2.75, 3.05) is 44.7 Å². The van der Waals surface area contributed by atoms with E-state index in [9.17, 15) is 14.0 Å². The van der Waals surface area contributed by atoms with Gasteiger partial charge in [0.15, 0.2) is 0 Å². The van der Waals surface area contributed by atoms with Gasteiger partial charge in [-0.25, -0.2) is 4.39 Å². The molecule has 2 aliphatic rings. The minimum Gasteiger partial charge on any atom is -0.379 e. The lowest BCUT2D eigenvalue weighted by Crippen LogP contribution is -2.39. The number of rotatable bonds is 7. The zero-order chi connectivity index (χ0) is 22.7. The Balaban J connectivity index is 1.59. The van der Waals surface area contributed by atoms with E-state index >= 15 is 0 Å². The fourth-order valence-corrected chi connectivity index (χ4v) is 4.08. The number of ether oxygens (including phenoxy) is 1. The molecular weight excluding hydrogens is 409 g/mol. The number of amides is 2. The highest BCUT2D eigenvalue weighted by Crippen LogP contribution is 2.32. The maximum atomic E-state index is 13.5. The van der Waals surface area contributed by atoms with Crippen molar-refractivity contribution in [2.45, 2.75) is 20.3 Å². The number of nitrogens with one attached hydrogen (secondary N) is 1. The summed E-state index contributed by atoms with van der Waals surface area (Å²) in [6, 6.07) is 11.5. The molecule has 0 saturated carbocycles. The van der Waals surface area contributed by atoms with Crippen LogP contribution in [0.4, 0.5) is 10.1 Å². The Labute approximate surface area is 187 Å². The van der Waals surface area contributed by atoms with E-state index < -0.39 is 5.82 Å². The van der Waals surface area contributed by atoms with Crippen LogP contribution >= 0.6 is 0 Å². The highest BCUT2D eigenvalue weighted by atomic mass is 19.1. The predicted molar refractivity (Wildman–Crippen MR) is 121 cm³/mol. The number of carbonyl (C=O) groups excluding carboxylic acids is 2. The summed E-state index contributed by atoms with van der Waals surface area (Å²) >= 11 is 0. The van der Waals surface area contributed by atoms with Gasteiger partial charge in [-0.1, -0.05) is 24.3 Å². The van der Waals surface area contributed by atoms with Crippen LogP contribution < -0.4 is 5.32 Å². The number of hydrogen-bond acceptors (Lipinski definition) is 5. The van der Waals surface area contributed by atoms with Crippen molar-refractivity contribution in [2.24, 2.45) is 0 Å². The maximum Gasteiger partial charge on any atom is 0.278 e. The van der Waals surface area contributed by atoms with E-state index in [0.717, 1.165) is 36.4 Å². The van der Waals surface area contributed by atoms with Crippen LogP contribution in [0.1, 0.15) is 23.1 Å². The van der Waals surface area contributed by atoms with E-state index in [0.29, 0.717) is 31.7 Å². The fraction of sp³-hybridized carbons (Fsp3) is 0.360. The van der Waals surface area contributed by atoms with Gasteiger partial charge in [-0.15, -0.1) is 0 Å². The summed E-state index contributed by atoms with van der Waals surface area (Å²) in [7, 11) is 0. The predicted octanol–water partition coefficient (Wildman–Crippen LogP) is 3.36. The molecular formula is C25H28FN3O3. The summed E-state index contributed by atoms with van der Waals surface area (Å²) in [5.41, 5.74) is 3.90. The molecule has 32 heavy (non-hydrogen) atoms. The molecule has 2 aromatic carbocycles. The highest BCUT2D eigenvalue weighted by Gasteiger charge is 2.39. The quantitative estimate of drug-likeness (QED) is 0.673. The Morgan fingerprint density at radius 2 is 1.69 bits per heavy atom. The van der Waals surface area contributed by atoms with Crippen molar-refractivity contribution in [1.82, 2.24) is 9.80 Å². The SMILES string of the molecule is Cc1cccc(NC2=C(c3ccc(F)cc3)C(=O)N(CCCN3CCOCC3)C2=O)c1C. The minimum absolute atomic E-state index is 0.238. The second kappa shape index (κ2) is 9.63. The monoisotopic (exact) mass is 437 g/mol. The number of morpholine rings is 1. The smallest absolute Gasteiger partial charge is 0.278 e. The van der Waals surface area contributed by atoms with Gasteiger partial charge in [-0.05, 0) is 55.2 Å². The van der Waals surface area contributed by atoms with E-state index in [1.807, 2.05) is 32.0 Å². The van der Waals surface area contributed by atoms with Gasteiger partial charge in [0, 0.05) is 31.9 Å². The number of anilines is 1. The summed E-state index contributed by atoms with van der Waals surface area (Å²) in [5, 5.41) is 3.21. The highest BCUT2D eigenvalue weighted by molar-refractivity contribution is 6.36. The van der Waals surface area contributed by atoms with Gasteiger partial charge in [0.1, 0.15) is 11.5 Å². The van der Waals surface area contributed by atoms with Crippen molar-refractivity contribution < 1.29 is 18.7 Å². The van der Waals surface area contributed by atoms with Crippen molar-refractivity contribution in [3.05, 3.63) is 70.7 Å². The van der Waals surface area contributed by atoms with Crippen LogP contribution in [0.25, 0.3) is 5.57 Å². The van der Waals surface area contributed by atoms with E-state index in [-0.39, 0.29) is 23.1 Å². The summed E-state index contributed by atoms with van der Waals surface area (Å²) < 4.78 is 18.9. The van der Waals surface area contributed by atoms with Gasteiger partial charge in [-0.2, -0.15) is 0 Å². The van der Waals surface area contributed by atoms with Gasteiger partial charge in [0.25, 0.3) is 11.8 Å². The van der Waals surface area contributed by atoms with Crippen LogP contribution in [0.5, 0.6) is 0 Å². The fourth-order valence-electron chi connectivity index (χ4n) is 4.08. The van der Waals surface area contributed by atoms with Crippen LogP contribution in [0, 0.1) is 19.7 Å². The Kier molecular flexibility index (Phi) is 6.67. The first-order valence-electron chi connectivity index (χ1n) is 11.0. The van der Waals surface area contributed by atoms with E-state index in [1.54, 1.807) is 0 Å². The third-order valence-electron chi connectivity index (χ3n) is 6.12. The molecule has 0 radical (unpaired) electrons. The average Bonchev–Trinajstić information content (AvgIpc) is 3.02. The molecule has 4 rings (SSSR count). The maximum absolute atomic E-state index is 13.5. The Morgan fingerprint density at radius 1 is 0.969 bits per heavy atom. The normalized spacial score (nSPS) is 17.4. The molecule has 2 heterocycles. The summed E-state index contributed by atoms with van der Waals surface area (Å²) in [6.45, 7) is 8.24. The second-order valence-corrected chi connectivity index (χ2v) is 8.20. The van der Waals surface area contributed by atoms with Gasteiger partial charge in [0.2, 0.25) is 0 Å². The molecule has 0 unspecified atom stereocenters. The number of halogens is 1. The summed E-state index contributed by atoms with van der Waals surface area (Å²) in [4.78, 5) is 30.2. The van der Waals surface area contributed by atoms with Crippen LogP contribution in [0.2, 0.25) is 0 Å². The van der Waals surface area contributed by atoms with Crippen LogP contribution in [0.15, 0.2) is 48.2 Å². The Hall–Kier alpha value is -3.03. The third kappa shape index (κ3) is 4.59. The van der Waals surface area contributed by atoms with Crippen LogP contribution in [0.3, 0.4) is 0 Å². The Morgan fingerprint density at radius 3 is 2.41 bits per heavy atom. The molecule has 1 fully saturated rings. The molecule has 1 saturated heterocycles. The number of carbonyl (C=O) groups is 2.